The fourth-order valence-corrected chi connectivity index (χ4v) is 3.14. The molecule has 0 unspecified atom stereocenters. The summed E-state index contributed by atoms with van der Waals surface area (Å²) in [6.45, 7) is 6.24. The van der Waals surface area contributed by atoms with Gasteiger partial charge in [0, 0.05) is 17.6 Å². The lowest BCUT2D eigenvalue weighted by atomic mass is 10.1. The van der Waals surface area contributed by atoms with Crippen molar-refractivity contribution >= 4 is 23.4 Å². The van der Waals surface area contributed by atoms with E-state index in [0.717, 1.165) is 17.5 Å². The van der Waals surface area contributed by atoms with Crippen LogP contribution in [0.15, 0.2) is 54.6 Å². The van der Waals surface area contributed by atoms with Gasteiger partial charge in [-0.25, -0.2) is 0 Å². The molecule has 2 amide bonds. The molecule has 2 aromatic rings. The summed E-state index contributed by atoms with van der Waals surface area (Å²) in [4.78, 5) is 27.4. The molecule has 150 valence electrons. The molecule has 2 atom stereocenters. The van der Waals surface area contributed by atoms with Crippen molar-refractivity contribution in [3.05, 3.63) is 70.7 Å². The van der Waals surface area contributed by atoms with Crippen molar-refractivity contribution in [2.24, 2.45) is 0 Å². The Labute approximate surface area is 172 Å². The minimum atomic E-state index is -0.548. The van der Waals surface area contributed by atoms with E-state index >= 15 is 0 Å². The van der Waals surface area contributed by atoms with Gasteiger partial charge in [0.25, 0.3) is 0 Å². The second-order valence-electron chi connectivity index (χ2n) is 7.08. The Kier molecular flexibility index (Phi) is 8.52. The van der Waals surface area contributed by atoms with Gasteiger partial charge in [0.05, 0.1) is 6.42 Å². The van der Waals surface area contributed by atoms with Gasteiger partial charge in [0.15, 0.2) is 0 Å². The highest BCUT2D eigenvalue weighted by Crippen LogP contribution is 2.17. The van der Waals surface area contributed by atoms with E-state index in [-0.39, 0.29) is 24.3 Å². The first-order valence-electron chi connectivity index (χ1n) is 9.79. The van der Waals surface area contributed by atoms with Crippen LogP contribution in [0.2, 0.25) is 5.02 Å². The van der Waals surface area contributed by atoms with Crippen LogP contribution >= 0.6 is 11.6 Å². The fourth-order valence-electron chi connectivity index (χ4n) is 2.94. The molecule has 0 aromatic heterocycles. The molecular formula is C23H29ClN2O2. The fraction of sp³-hybridized carbons (Fsp3) is 0.391. The summed E-state index contributed by atoms with van der Waals surface area (Å²) in [6.07, 6.45) is 1.71. The number of carbonyl (C=O) groups excluding carboxylic acids is 2. The Morgan fingerprint density at radius 3 is 2.32 bits per heavy atom. The van der Waals surface area contributed by atoms with E-state index in [0.29, 0.717) is 18.0 Å². The maximum absolute atomic E-state index is 13.1. The molecule has 1 N–H and O–H groups in total. The Morgan fingerprint density at radius 1 is 1.04 bits per heavy atom. The third-order valence-electron chi connectivity index (χ3n) is 4.95. The van der Waals surface area contributed by atoms with E-state index in [4.69, 9.17) is 11.6 Å². The van der Waals surface area contributed by atoms with Gasteiger partial charge in [-0.15, -0.1) is 0 Å². The highest BCUT2D eigenvalue weighted by Gasteiger charge is 2.26. The van der Waals surface area contributed by atoms with E-state index in [9.17, 15) is 9.59 Å². The smallest absolute Gasteiger partial charge is 0.242 e. The number of carbonyl (C=O) groups is 2. The molecule has 4 nitrogen and oxygen atoms in total. The number of benzene rings is 2. The second kappa shape index (κ2) is 10.9. The second-order valence-corrected chi connectivity index (χ2v) is 7.49. The molecule has 0 spiro atoms. The molecule has 0 saturated carbocycles. The molecule has 0 heterocycles. The number of rotatable bonds is 9. The zero-order chi connectivity index (χ0) is 20.5. The molecular weight excluding hydrogens is 372 g/mol. The number of halogens is 1. The number of nitrogens with one attached hydrogen (secondary N) is 1. The maximum Gasteiger partial charge on any atom is 0.242 e. The van der Waals surface area contributed by atoms with Crippen LogP contribution in [-0.2, 0) is 22.4 Å². The SMILES string of the molecule is CC[C@@H](C)NC(=O)[C@@H](C)N(CCc1ccccc1)C(=O)Cc1ccccc1Cl. The van der Waals surface area contributed by atoms with Gasteiger partial charge < -0.3 is 10.2 Å². The molecule has 28 heavy (non-hydrogen) atoms. The van der Waals surface area contributed by atoms with Crippen molar-refractivity contribution in [2.75, 3.05) is 6.54 Å². The van der Waals surface area contributed by atoms with Gasteiger partial charge in [-0.3, -0.25) is 9.59 Å². The highest BCUT2D eigenvalue weighted by atomic mass is 35.5. The highest BCUT2D eigenvalue weighted by molar-refractivity contribution is 6.31. The molecule has 0 aliphatic rings. The van der Waals surface area contributed by atoms with Crippen LogP contribution in [0.5, 0.6) is 0 Å². The summed E-state index contributed by atoms with van der Waals surface area (Å²) in [6, 6.07) is 16.8. The Morgan fingerprint density at radius 2 is 1.68 bits per heavy atom. The standard InChI is InChI=1S/C23H29ClN2O2/c1-4-17(2)25-23(28)18(3)26(15-14-19-10-6-5-7-11-19)22(27)16-20-12-8-9-13-21(20)24/h5-13,17-18H,4,14-16H2,1-3H3,(H,25,28)/t17-,18-/m1/s1. The lowest BCUT2D eigenvalue weighted by Gasteiger charge is -2.30. The van der Waals surface area contributed by atoms with E-state index in [1.165, 1.54) is 0 Å². The molecule has 2 aromatic carbocycles. The number of hydrogen-bond donors (Lipinski definition) is 1. The van der Waals surface area contributed by atoms with Crippen molar-refractivity contribution in [1.82, 2.24) is 10.2 Å². The van der Waals surface area contributed by atoms with Gasteiger partial charge in [0.2, 0.25) is 11.8 Å². The summed E-state index contributed by atoms with van der Waals surface area (Å²) in [7, 11) is 0. The van der Waals surface area contributed by atoms with Gasteiger partial charge in [-0.05, 0) is 43.9 Å². The van der Waals surface area contributed by atoms with Gasteiger partial charge in [-0.2, -0.15) is 0 Å². The van der Waals surface area contributed by atoms with Crippen molar-refractivity contribution in [3.8, 4) is 0 Å². The van der Waals surface area contributed by atoms with Crippen LogP contribution in [0.1, 0.15) is 38.3 Å². The molecule has 0 radical (unpaired) electrons. The van der Waals surface area contributed by atoms with Gasteiger partial charge >= 0.3 is 0 Å². The van der Waals surface area contributed by atoms with Crippen LogP contribution in [-0.4, -0.2) is 35.3 Å². The summed E-state index contributed by atoms with van der Waals surface area (Å²) < 4.78 is 0. The monoisotopic (exact) mass is 400 g/mol. The zero-order valence-electron chi connectivity index (χ0n) is 16.8. The predicted molar refractivity (Wildman–Crippen MR) is 114 cm³/mol. The lowest BCUT2D eigenvalue weighted by molar-refractivity contribution is -0.139. The molecule has 0 fully saturated rings. The average molecular weight is 401 g/mol. The predicted octanol–water partition coefficient (Wildman–Crippen LogP) is 4.26. The van der Waals surface area contributed by atoms with Crippen LogP contribution in [0.3, 0.4) is 0 Å². The zero-order valence-corrected chi connectivity index (χ0v) is 17.6. The molecule has 0 saturated heterocycles. The van der Waals surface area contributed by atoms with Gasteiger partial charge in [0.1, 0.15) is 6.04 Å². The number of nitrogens with zero attached hydrogens (tertiary/aromatic N) is 1. The summed E-state index contributed by atoms with van der Waals surface area (Å²) in [5.41, 5.74) is 1.90. The Balaban J connectivity index is 2.15. The first-order valence-corrected chi connectivity index (χ1v) is 10.2. The number of hydrogen-bond acceptors (Lipinski definition) is 2. The van der Waals surface area contributed by atoms with Crippen LogP contribution in [0.4, 0.5) is 0 Å². The van der Waals surface area contributed by atoms with E-state index in [1.54, 1.807) is 17.9 Å². The Bertz CT molecular complexity index is 779. The first kappa shape index (κ1) is 22.0. The summed E-state index contributed by atoms with van der Waals surface area (Å²) in [5, 5.41) is 3.54. The largest absolute Gasteiger partial charge is 0.352 e. The molecule has 0 aliphatic carbocycles. The minimum Gasteiger partial charge on any atom is -0.352 e. The molecule has 5 heteroatoms. The van der Waals surface area contributed by atoms with Crippen molar-refractivity contribution in [3.63, 3.8) is 0 Å². The van der Waals surface area contributed by atoms with Crippen LogP contribution in [0, 0.1) is 0 Å². The normalized spacial score (nSPS) is 12.9. The van der Waals surface area contributed by atoms with Crippen LogP contribution < -0.4 is 5.32 Å². The van der Waals surface area contributed by atoms with Crippen LogP contribution in [0.25, 0.3) is 0 Å². The average Bonchev–Trinajstić information content (AvgIpc) is 2.70. The summed E-state index contributed by atoms with van der Waals surface area (Å²) in [5.74, 6) is -0.231. The van der Waals surface area contributed by atoms with Crippen molar-refractivity contribution in [2.45, 2.75) is 52.1 Å². The minimum absolute atomic E-state index is 0.0737. The maximum atomic E-state index is 13.1. The van der Waals surface area contributed by atoms with E-state index in [2.05, 4.69) is 5.32 Å². The summed E-state index contributed by atoms with van der Waals surface area (Å²) >= 11 is 6.23. The van der Waals surface area contributed by atoms with Gasteiger partial charge in [-0.1, -0.05) is 67.1 Å². The lowest BCUT2D eigenvalue weighted by Crippen LogP contribution is -2.50. The Hall–Kier alpha value is -2.33. The first-order chi connectivity index (χ1) is 13.4. The third kappa shape index (κ3) is 6.38. The molecule has 0 bridgehead atoms. The third-order valence-corrected chi connectivity index (χ3v) is 5.32. The molecule has 2 rings (SSSR count). The molecule has 0 aliphatic heterocycles. The number of amides is 2. The topological polar surface area (TPSA) is 49.4 Å². The van der Waals surface area contributed by atoms with Crippen molar-refractivity contribution < 1.29 is 9.59 Å². The van der Waals surface area contributed by atoms with E-state index in [1.807, 2.05) is 62.4 Å². The van der Waals surface area contributed by atoms with Crippen molar-refractivity contribution in [1.29, 1.82) is 0 Å². The quantitative estimate of drug-likeness (QED) is 0.683. The van der Waals surface area contributed by atoms with E-state index < -0.39 is 6.04 Å².